The number of urea groups is 1. The molecule has 0 aliphatic carbocycles. The molecule has 1 atom stereocenters. The summed E-state index contributed by atoms with van der Waals surface area (Å²) in [6.07, 6.45) is -6.58. The van der Waals surface area contributed by atoms with Crippen LogP contribution >= 0.6 is 11.6 Å². The van der Waals surface area contributed by atoms with E-state index < -0.39 is 42.7 Å². The van der Waals surface area contributed by atoms with E-state index in [1.807, 2.05) is 0 Å². The van der Waals surface area contributed by atoms with Crippen molar-refractivity contribution in [3.63, 3.8) is 0 Å². The number of ether oxygens (including phenoxy) is 1. The number of alkyl halides is 3. The molecule has 3 rings (SSSR count). The fraction of sp³-hybridized carbons (Fsp3) is 0.160. The highest BCUT2D eigenvalue weighted by atomic mass is 35.5. The van der Waals surface area contributed by atoms with Crippen LogP contribution in [-0.4, -0.2) is 47.1 Å². The summed E-state index contributed by atoms with van der Waals surface area (Å²) in [5, 5.41) is 23.3. The largest absolute Gasteiger partial charge is 0.573 e. The van der Waals surface area contributed by atoms with Crippen molar-refractivity contribution >= 4 is 40.9 Å². The van der Waals surface area contributed by atoms with Crippen LogP contribution in [0.25, 0.3) is 0 Å². The number of hydrogen-bond donors (Lipinski definition) is 4. The maximum absolute atomic E-state index is 13.1. The Bertz CT molecular complexity index is 1270. The van der Waals surface area contributed by atoms with Crippen LogP contribution in [0.4, 0.5) is 29.3 Å². The first-order valence-electron chi connectivity index (χ1n) is 10.9. The van der Waals surface area contributed by atoms with Gasteiger partial charge >= 0.3 is 18.4 Å². The molecule has 0 aromatic heterocycles. The average molecular weight is 552 g/mol. The first-order chi connectivity index (χ1) is 17.9. The standard InChI is InChI=1S/C25H21ClF3N3O6/c26-17-5-9-19(10-6-17)32(24(37)31-18-7-11-20(12-8-18)38-25(27,28)29)14-15-1-3-16(4-2-15)22(34)30-13-21(33)23(35)36/h1-12,21,33H,13-14H2,(H,30,34)(H,31,37)(H,35,36)/t21-/m1/s1. The van der Waals surface area contributed by atoms with Crippen molar-refractivity contribution in [2.45, 2.75) is 19.0 Å². The van der Waals surface area contributed by atoms with Gasteiger partial charge in [0.25, 0.3) is 5.91 Å². The summed E-state index contributed by atoms with van der Waals surface area (Å²) in [5.41, 5.74) is 1.51. The van der Waals surface area contributed by atoms with E-state index in [4.69, 9.17) is 16.7 Å². The molecule has 0 spiro atoms. The number of nitrogens with one attached hydrogen (secondary N) is 2. The van der Waals surface area contributed by atoms with Gasteiger partial charge in [-0.1, -0.05) is 23.7 Å². The highest BCUT2D eigenvalue weighted by molar-refractivity contribution is 6.30. The van der Waals surface area contributed by atoms with E-state index in [9.17, 15) is 32.7 Å². The van der Waals surface area contributed by atoms with E-state index in [1.54, 1.807) is 36.4 Å². The van der Waals surface area contributed by atoms with E-state index in [1.165, 1.54) is 29.2 Å². The van der Waals surface area contributed by atoms with Gasteiger partial charge in [0.2, 0.25) is 0 Å². The number of aliphatic hydroxyl groups excluding tert-OH is 1. The van der Waals surface area contributed by atoms with Crippen LogP contribution < -0.4 is 20.3 Å². The van der Waals surface area contributed by atoms with E-state index in [-0.39, 0.29) is 17.8 Å². The lowest BCUT2D eigenvalue weighted by Crippen LogP contribution is -2.36. The van der Waals surface area contributed by atoms with Gasteiger partial charge in [-0.05, 0) is 66.2 Å². The predicted octanol–water partition coefficient (Wildman–Crippen LogP) is 4.65. The minimum absolute atomic E-state index is 0.0440. The molecule has 0 fully saturated rings. The summed E-state index contributed by atoms with van der Waals surface area (Å²) in [5.74, 6) is -2.50. The number of amides is 3. The maximum Gasteiger partial charge on any atom is 0.573 e. The number of carbonyl (C=O) groups is 3. The van der Waals surface area contributed by atoms with Crippen LogP contribution in [0.2, 0.25) is 5.02 Å². The van der Waals surface area contributed by atoms with Crippen molar-refractivity contribution < 1.29 is 42.5 Å². The van der Waals surface area contributed by atoms with E-state index in [0.717, 1.165) is 12.1 Å². The summed E-state index contributed by atoms with van der Waals surface area (Å²) in [6.45, 7) is -0.424. The van der Waals surface area contributed by atoms with Crippen LogP contribution in [0, 0.1) is 0 Å². The summed E-state index contributed by atoms with van der Waals surface area (Å²) < 4.78 is 41.0. The topological polar surface area (TPSA) is 128 Å². The number of aliphatic hydroxyl groups is 1. The van der Waals surface area contributed by atoms with Gasteiger partial charge in [0.1, 0.15) is 5.75 Å². The molecule has 0 unspecified atom stereocenters. The fourth-order valence-corrected chi connectivity index (χ4v) is 3.28. The Balaban J connectivity index is 1.73. The first-order valence-corrected chi connectivity index (χ1v) is 11.3. The predicted molar refractivity (Wildman–Crippen MR) is 132 cm³/mol. The second-order valence-corrected chi connectivity index (χ2v) is 8.26. The molecule has 3 aromatic carbocycles. The summed E-state index contributed by atoms with van der Waals surface area (Å²) in [6, 6.07) is 16.5. The van der Waals surface area contributed by atoms with Gasteiger partial charge in [0, 0.05) is 22.0 Å². The molecule has 0 saturated heterocycles. The third kappa shape index (κ3) is 8.39. The van der Waals surface area contributed by atoms with E-state index in [0.29, 0.717) is 16.3 Å². The minimum Gasteiger partial charge on any atom is -0.479 e. The second-order valence-electron chi connectivity index (χ2n) is 7.83. The molecule has 0 aliphatic heterocycles. The van der Waals surface area contributed by atoms with Crippen molar-refractivity contribution in [3.05, 3.63) is 88.9 Å². The first kappa shape index (κ1) is 28.3. The normalized spacial score (nSPS) is 11.8. The molecule has 0 radical (unpaired) electrons. The number of benzene rings is 3. The Morgan fingerprint density at radius 3 is 2.11 bits per heavy atom. The Hall–Kier alpha value is -4.29. The van der Waals surface area contributed by atoms with Gasteiger partial charge in [0.05, 0.1) is 13.1 Å². The maximum atomic E-state index is 13.1. The number of anilines is 2. The number of carboxylic acids is 1. The lowest BCUT2D eigenvalue weighted by molar-refractivity contribution is -0.274. The minimum atomic E-state index is -4.84. The monoisotopic (exact) mass is 551 g/mol. The van der Waals surface area contributed by atoms with Crippen molar-refractivity contribution in [2.75, 3.05) is 16.8 Å². The fourth-order valence-electron chi connectivity index (χ4n) is 3.16. The zero-order valence-corrected chi connectivity index (χ0v) is 20.2. The van der Waals surface area contributed by atoms with Gasteiger partial charge < -0.3 is 25.6 Å². The molecular formula is C25H21ClF3N3O6. The number of rotatable bonds is 9. The van der Waals surface area contributed by atoms with Crippen molar-refractivity contribution in [3.8, 4) is 5.75 Å². The molecule has 38 heavy (non-hydrogen) atoms. The smallest absolute Gasteiger partial charge is 0.479 e. The molecule has 4 N–H and O–H groups in total. The van der Waals surface area contributed by atoms with Crippen molar-refractivity contribution in [1.29, 1.82) is 0 Å². The molecular weight excluding hydrogens is 531 g/mol. The Labute approximate surface area is 219 Å². The number of hydrogen-bond acceptors (Lipinski definition) is 5. The van der Waals surface area contributed by atoms with Crippen LogP contribution in [0.1, 0.15) is 15.9 Å². The van der Waals surface area contributed by atoms with Gasteiger partial charge in [-0.15, -0.1) is 13.2 Å². The Morgan fingerprint density at radius 2 is 1.55 bits per heavy atom. The number of nitrogens with zero attached hydrogens (tertiary/aromatic N) is 1. The van der Waals surface area contributed by atoms with Crippen molar-refractivity contribution in [1.82, 2.24) is 5.32 Å². The van der Waals surface area contributed by atoms with Crippen LogP contribution in [0.5, 0.6) is 5.75 Å². The summed E-state index contributed by atoms with van der Waals surface area (Å²) in [4.78, 5) is 37.4. The average Bonchev–Trinajstić information content (AvgIpc) is 2.86. The van der Waals surface area contributed by atoms with Gasteiger partial charge in [-0.2, -0.15) is 0 Å². The SMILES string of the molecule is O=C(NC[C@@H](O)C(=O)O)c1ccc(CN(C(=O)Nc2ccc(OC(F)(F)F)cc2)c2ccc(Cl)cc2)cc1. The van der Waals surface area contributed by atoms with Crippen molar-refractivity contribution in [2.24, 2.45) is 0 Å². The molecule has 13 heteroatoms. The molecule has 0 bridgehead atoms. The quantitative estimate of drug-likeness (QED) is 0.306. The lowest BCUT2D eigenvalue weighted by atomic mass is 10.1. The molecule has 3 aromatic rings. The van der Waals surface area contributed by atoms with Crippen LogP contribution in [-0.2, 0) is 11.3 Å². The molecule has 200 valence electrons. The Morgan fingerprint density at radius 1 is 0.947 bits per heavy atom. The van der Waals surface area contributed by atoms with E-state index >= 15 is 0 Å². The highest BCUT2D eigenvalue weighted by Gasteiger charge is 2.31. The van der Waals surface area contributed by atoms with Gasteiger partial charge in [0.15, 0.2) is 6.10 Å². The molecule has 9 nitrogen and oxygen atoms in total. The molecule has 0 aliphatic rings. The third-order valence-electron chi connectivity index (χ3n) is 5.02. The molecule has 0 saturated carbocycles. The molecule has 3 amide bonds. The number of halogens is 4. The zero-order valence-electron chi connectivity index (χ0n) is 19.4. The third-order valence-corrected chi connectivity index (χ3v) is 5.27. The number of carboxylic acid groups (broad SMARTS) is 1. The van der Waals surface area contributed by atoms with Gasteiger partial charge in [-0.25, -0.2) is 9.59 Å². The van der Waals surface area contributed by atoms with Crippen LogP contribution in [0.15, 0.2) is 72.8 Å². The second kappa shape index (κ2) is 12.3. The van der Waals surface area contributed by atoms with Crippen LogP contribution in [0.3, 0.4) is 0 Å². The van der Waals surface area contributed by atoms with Gasteiger partial charge in [-0.3, -0.25) is 9.69 Å². The highest BCUT2D eigenvalue weighted by Crippen LogP contribution is 2.25. The number of carbonyl (C=O) groups excluding carboxylic acids is 2. The number of aliphatic carboxylic acids is 1. The molecule has 0 heterocycles. The van der Waals surface area contributed by atoms with E-state index in [2.05, 4.69) is 15.4 Å². The zero-order chi connectivity index (χ0) is 27.9. The lowest BCUT2D eigenvalue weighted by Gasteiger charge is -2.24. The summed E-state index contributed by atoms with van der Waals surface area (Å²) in [7, 11) is 0. The Kier molecular flexibility index (Phi) is 9.16. The summed E-state index contributed by atoms with van der Waals surface area (Å²) >= 11 is 5.96.